The fraction of sp³-hybridized carbons (Fsp3) is 0.667. The van der Waals surface area contributed by atoms with Crippen molar-refractivity contribution in [3.8, 4) is 0 Å². The van der Waals surface area contributed by atoms with Gasteiger partial charge >= 0.3 is 0 Å². The summed E-state index contributed by atoms with van der Waals surface area (Å²) in [6.45, 7) is 0.966. The second-order valence-electron chi connectivity index (χ2n) is 3.39. The van der Waals surface area contributed by atoms with Crippen LogP contribution in [-0.2, 0) is 6.42 Å². The van der Waals surface area contributed by atoms with Gasteiger partial charge in [0.2, 0.25) is 0 Å². The Morgan fingerprint density at radius 2 is 2.69 bits per heavy atom. The molecule has 0 aliphatic carbocycles. The summed E-state index contributed by atoms with van der Waals surface area (Å²) >= 11 is 1.53. The molecule has 2 rings (SSSR count). The summed E-state index contributed by atoms with van der Waals surface area (Å²) in [5, 5.41) is 3.18. The zero-order chi connectivity index (χ0) is 9.10. The Balaban J connectivity index is 1.87. The smallest absolute Gasteiger partial charge is 0.120 e. The molecule has 0 saturated carbocycles. The molecule has 1 aromatic heterocycles. The third kappa shape index (κ3) is 2.25. The van der Waals surface area contributed by atoms with E-state index in [9.17, 15) is 4.39 Å². The maximum Gasteiger partial charge on any atom is 0.120 e. The van der Waals surface area contributed by atoms with Gasteiger partial charge in [-0.05, 0) is 19.4 Å². The Labute approximate surface area is 81.2 Å². The van der Waals surface area contributed by atoms with Crippen molar-refractivity contribution in [2.75, 3.05) is 6.54 Å². The first-order valence-electron chi connectivity index (χ1n) is 4.61. The second kappa shape index (κ2) is 4.15. The number of rotatable bonds is 3. The molecule has 2 atom stereocenters. The third-order valence-electron chi connectivity index (χ3n) is 2.41. The van der Waals surface area contributed by atoms with Crippen molar-refractivity contribution >= 4 is 11.3 Å². The Kier molecular flexibility index (Phi) is 2.90. The summed E-state index contributed by atoms with van der Waals surface area (Å²) in [5.74, 6) is 0. The van der Waals surface area contributed by atoms with E-state index in [1.165, 1.54) is 11.3 Å². The van der Waals surface area contributed by atoms with E-state index in [1.54, 1.807) is 11.7 Å². The summed E-state index contributed by atoms with van der Waals surface area (Å²) in [7, 11) is 0. The minimum Gasteiger partial charge on any atom is -0.311 e. The highest BCUT2D eigenvalue weighted by Gasteiger charge is 2.24. The summed E-state index contributed by atoms with van der Waals surface area (Å²) in [5.41, 5.74) is 1.75. The molecule has 1 N–H and O–H groups in total. The first kappa shape index (κ1) is 9.09. The maximum absolute atomic E-state index is 13.6. The quantitative estimate of drug-likeness (QED) is 0.804. The molecule has 2 heterocycles. The molecular formula is C9H13FN2S. The molecule has 0 aromatic carbocycles. The van der Waals surface area contributed by atoms with Crippen LogP contribution in [0, 0.1) is 0 Å². The van der Waals surface area contributed by atoms with Crippen molar-refractivity contribution in [1.29, 1.82) is 0 Å². The van der Waals surface area contributed by atoms with Crippen LogP contribution in [0.2, 0.25) is 0 Å². The van der Waals surface area contributed by atoms with Crippen molar-refractivity contribution < 1.29 is 4.39 Å². The molecule has 1 fully saturated rings. The van der Waals surface area contributed by atoms with E-state index in [0.717, 1.165) is 24.3 Å². The Morgan fingerprint density at radius 1 is 1.77 bits per heavy atom. The largest absolute Gasteiger partial charge is 0.311 e. The van der Waals surface area contributed by atoms with E-state index >= 15 is 0 Å². The van der Waals surface area contributed by atoms with E-state index < -0.39 is 6.17 Å². The van der Waals surface area contributed by atoms with Crippen LogP contribution in [0.3, 0.4) is 0 Å². The average Bonchev–Trinajstić information content (AvgIpc) is 2.74. The van der Waals surface area contributed by atoms with Gasteiger partial charge in [-0.15, -0.1) is 11.3 Å². The van der Waals surface area contributed by atoms with Gasteiger partial charge in [-0.1, -0.05) is 0 Å². The molecule has 72 valence electrons. The third-order valence-corrected chi connectivity index (χ3v) is 3.22. The lowest BCUT2D eigenvalue weighted by atomic mass is 10.1. The molecule has 1 aliphatic heterocycles. The van der Waals surface area contributed by atoms with Gasteiger partial charge in [0, 0.05) is 23.5 Å². The first-order valence-corrected chi connectivity index (χ1v) is 5.49. The fourth-order valence-corrected chi connectivity index (χ4v) is 2.33. The number of thiazole rings is 1. The highest BCUT2D eigenvalue weighted by Crippen LogP contribution is 2.18. The van der Waals surface area contributed by atoms with Crippen LogP contribution in [0.4, 0.5) is 4.39 Å². The van der Waals surface area contributed by atoms with E-state index in [-0.39, 0.29) is 6.04 Å². The second-order valence-corrected chi connectivity index (χ2v) is 4.36. The summed E-state index contributed by atoms with van der Waals surface area (Å²) in [4.78, 5) is 4.98. The molecule has 0 spiro atoms. The van der Waals surface area contributed by atoms with Gasteiger partial charge < -0.3 is 5.32 Å². The lowest BCUT2D eigenvalue weighted by Gasteiger charge is -2.14. The highest BCUT2D eigenvalue weighted by atomic mass is 32.1. The molecule has 13 heavy (non-hydrogen) atoms. The van der Waals surface area contributed by atoms with Crippen molar-refractivity contribution in [2.45, 2.75) is 31.5 Å². The number of aromatic nitrogens is 1. The van der Waals surface area contributed by atoms with Crippen LogP contribution >= 0.6 is 11.3 Å². The van der Waals surface area contributed by atoms with E-state index in [0.29, 0.717) is 6.42 Å². The fourth-order valence-electron chi connectivity index (χ4n) is 1.70. The molecule has 0 radical (unpaired) electrons. The predicted molar refractivity (Wildman–Crippen MR) is 51.7 cm³/mol. The maximum atomic E-state index is 13.6. The van der Waals surface area contributed by atoms with Gasteiger partial charge in [0.15, 0.2) is 0 Å². The van der Waals surface area contributed by atoms with Crippen LogP contribution in [0.15, 0.2) is 11.7 Å². The monoisotopic (exact) mass is 200 g/mol. The zero-order valence-electron chi connectivity index (χ0n) is 7.37. The molecule has 0 amide bonds. The Bertz CT molecular complexity index is 244. The van der Waals surface area contributed by atoms with E-state index in [1.807, 2.05) is 0 Å². The predicted octanol–water partition coefficient (Wildman–Crippen LogP) is 1.78. The number of hydrogen-bond donors (Lipinski definition) is 1. The molecule has 4 heteroatoms. The highest BCUT2D eigenvalue weighted by molar-refractivity contribution is 7.09. The van der Waals surface area contributed by atoms with Crippen LogP contribution in [-0.4, -0.2) is 23.7 Å². The first-order chi connectivity index (χ1) is 6.36. The standard InChI is InChI=1S/C9H13FN2S/c10-8(9-2-1-3-12-9)4-7-5-11-6-13-7/h5-6,8-9,12H,1-4H2. The van der Waals surface area contributed by atoms with Crippen molar-refractivity contribution in [3.05, 3.63) is 16.6 Å². The average molecular weight is 200 g/mol. The van der Waals surface area contributed by atoms with Crippen molar-refractivity contribution in [1.82, 2.24) is 10.3 Å². The van der Waals surface area contributed by atoms with Crippen LogP contribution < -0.4 is 5.32 Å². The normalized spacial score (nSPS) is 24.8. The molecule has 2 unspecified atom stereocenters. The van der Waals surface area contributed by atoms with Gasteiger partial charge in [0.1, 0.15) is 6.17 Å². The topological polar surface area (TPSA) is 24.9 Å². The van der Waals surface area contributed by atoms with Crippen molar-refractivity contribution in [2.24, 2.45) is 0 Å². The van der Waals surface area contributed by atoms with Crippen LogP contribution in [0.5, 0.6) is 0 Å². The SMILES string of the molecule is FC(Cc1cncs1)C1CCCN1. The number of nitrogens with one attached hydrogen (secondary N) is 1. The molecule has 1 aromatic rings. The minimum absolute atomic E-state index is 0.0714. The van der Waals surface area contributed by atoms with Gasteiger partial charge in [0.05, 0.1) is 5.51 Å². The van der Waals surface area contributed by atoms with Crippen LogP contribution in [0.25, 0.3) is 0 Å². The van der Waals surface area contributed by atoms with Crippen LogP contribution in [0.1, 0.15) is 17.7 Å². The van der Waals surface area contributed by atoms with Gasteiger partial charge in [-0.2, -0.15) is 0 Å². The zero-order valence-corrected chi connectivity index (χ0v) is 8.19. The summed E-state index contributed by atoms with van der Waals surface area (Å²) in [6.07, 6.45) is 3.60. The van der Waals surface area contributed by atoms with Gasteiger partial charge in [0.25, 0.3) is 0 Å². The Hall–Kier alpha value is -0.480. The lowest BCUT2D eigenvalue weighted by molar-refractivity contribution is 0.265. The molecular weight excluding hydrogens is 187 g/mol. The minimum atomic E-state index is -0.747. The summed E-state index contributed by atoms with van der Waals surface area (Å²) < 4.78 is 13.6. The number of hydrogen-bond acceptors (Lipinski definition) is 3. The van der Waals surface area contributed by atoms with E-state index in [2.05, 4.69) is 10.3 Å². The number of alkyl halides is 1. The van der Waals surface area contributed by atoms with Crippen molar-refractivity contribution in [3.63, 3.8) is 0 Å². The molecule has 1 saturated heterocycles. The summed E-state index contributed by atoms with van der Waals surface area (Å²) in [6, 6.07) is 0.0714. The van der Waals surface area contributed by atoms with E-state index in [4.69, 9.17) is 0 Å². The lowest BCUT2D eigenvalue weighted by Crippen LogP contribution is -2.32. The number of nitrogens with zero attached hydrogens (tertiary/aromatic N) is 1. The molecule has 2 nitrogen and oxygen atoms in total. The van der Waals surface area contributed by atoms with Gasteiger partial charge in [-0.3, -0.25) is 4.98 Å². The molecule has 0 bridgehead atoms. The number of halogens is 1. The Morgan fingerprint density at radius 3 is 3.31 bits per heavy atom. The van der Waals surface area contributed by atoms with Gasteiger partial charge in [-0.25, -0.2) is 4.39 Å². The molecule has 1 aliphatic rings.